The Kier molecular flexibility index (Phi) is 4.42. The minimum absolute atomic E-state index is 0.191. The van der Waals surface area contributed by atoms with E-state index in [1.807, 2.05) is 30.3 Å². The lowest BCUT2D eigenvalue weighted by atomic mass is 9.95. The van der Waals surface area contributed by atoms with Crippen LogP contribution in [0.15, 0.2) is 54.6 Å². The molecule has 2 amide bonds. The van der Waals surface area contributed by atoms with E-state index in [9.17, 15) is 14.4 Å². The first-order chi connectivity index (χ1) is 11.6. The second kappa shape index (κ2) is 6.66. The van der Waals surface area contributed by atoms with Gasteiger partial charge in [-0.1, -0.05) is 30.3 Å². The molecule has 0 aromatic heterocycles. The van der Waals surface area contributed by atoms with Crippen LogP contribution in [0, 0.1) is 5.92 Å². The van der Waals surface area contributed by atoms with Crippen molar-refractivity contribution in [2.45, 2.75) is 13.3 Å². The molecule has 1 aliphatic heterocycles. The van der Waals surface area contributed by atoms with Crippen LogP contribution >= 0.6 is 0 Å². The first-order valence-electron chi connectivity index (χ1n) is 7.85. The van der Waals surface area contributed by atoms with Crippen LogP contribution in [0.1, 0.15) is 23.7 Å². The number of amides is 2. The van der Waals surface area contributed by atoms with E-state index in [2.05, 4.69) is 5.32 Å². The smallest absolute Gasteiger partial charge is 0.238 e. The summed E-state index contributed by atoms with van der Waals surface area (Å²) in [7, 11) is 0. The third-order valence-corrected chi connectivity index (χ3v) is 4.09. The summed E-state index contributed by atoms with van der Waals surface area (Å²) < 4.78 is 0. The summed E-state index contributed by atoms with van der Waals surface area (Å²) in [5, 5.41) is 2.65. The molecule has 0 aliphatic carbocycles. The van der Waals surface area contributed by atoms with Crippen molar-refractivity contribution in [3.05, 3.63) is 60.2 Å². The molecule has 0 radical (unpaired) electrons. The van der Waals surface area contributed by atoms with Crippen molar-refractivity contribution in [1.29, 1.82) is 0 Å². The van der Waals surface area contributed by atoms with Crippen molar-refractivity contribution >= 4 is 29.0 Å². The Morgan fingerprint density at radius 1 is 1.04 bits per heavy atom. The highest BCUT2D eigenvalue weighted by Gasteiger charge is 2.38. The van der Waals surface area contributed by atoms with Gasteiger partial charge in [0.2, 0.25) is 11.8 Å². The van der Waals surface area contributed by atoms with Crippen molar-refractivity contribution in [2.75, 3.05) is 16.8 Å². The molecule has 0 bridgehead atoms. The summed E-state index contributed by atoms with van der Waals surface area (Å²) in [6.07, 6.45) is 0.473. The maximum atomic E-state index is 12.8. The lowest BCUT2D eigenvalue weighted by Gasteiger charge is -2.17. The zero-order valence-electron chi connectivity index (χ0n) is 13.4. The van der Waals surface area contributed by atoms with Crippen molar-refractivity contribution in [3.8, 4) is 0 Å². The van der Waals surface area contributed by atoms with Gasteiger partial charge in [0, 0.05) is 24.7 Å². The Bertz CT molecular complexity index is 786. The predicted octanol–water partition coefficient (Wildman–Crippen LogP) is 2.88. The van der Waals surface area contributed by atoms with Gasteiger partial charge >= 0.3 is 0 Å². The normalized spacial score (nSPS) is 17.0. The molecule has 1 unspecified atom stereocenters. The molecular formula is C19H18N2O3. The summed E-state index contributed by atoms with van der Waals surface area (Å²) >= 11 is 0. The van der Waals surface area contributed by atoms with Crippen LogP contribution in [-0.4, -0.2) is 24.1 Å². The van der Waals surface area contributed by atoms with E-state index in [0.29, 0.717) is 24.2 Å². The fourth-order valence-corrected chi connectivity index (χ4v) is 2.97. The Hall–Kier alpha value is -2.95. The molecule has 1 fully saturated rings. The highest BCUT2D eigenvalue weighted by molar-refractivity contribution is 6.18. The maximum absolute atomic E-state index is 12.8. The molecule has 5 nitrogen and oxygen atoms in total. The van der Waals surface area contributed by atoms with E-state index < -0.39 is 5.92 Å². The molecule has 24 heavy (non-hydrogen) atoms. The fraction of sp³-hybridized carbons (Fsp3) is 0.211. The van der Waals surface area contributed by atoms with Crippen molar-refractivity contribution in [2.24, 2.45) is 5.92 Å². The van der Waals surface area contributed by atoms with Crippen molar-refractivity contribution in [1.82, 2.24) is 0 Å². The number of para-hydroxylation sites is 2. The molecule has 1 saturated heterocycles. The fourth-order valence-electron chi connectivity index (χ4n) is 2.97. The van der Waals surface area contributed by atoms with Crippen LogP contribution in [0.5, 0.6) is 0 Å². The summed E-state index contributed by atoms with van der Waals surface area (Å²) in [5.74, 6) is -1.40. The minimum Gasteiger partial charge on any atom is -0.326 e. The number of carbonyl (C=O) groups is 3. The predicted molar refractivity (Wildman–Crippen MR) is 92.0 cm³/mol. The van der Waals surface area contributed by atoms with Crippen LogP contribution in [-0.2, 0) is 9.59 Å². The number of rotatable bonds is 4. The topological polar surface area (TPSA) is 66.5 Å². The van der Waals surface area contributed by atoms with Gasteiger partial charge in [-0.25, -0.2) is 0 Å². The summed E-state index contributed by atoms with van der Waals surface area (Å²) in [6, 6.07) is 16.1. The van der Waals surface area contributed by atoms with Gasteiger partial charge in [-0.05, 0) is 30.7 Å². The largest absolute Gasteiger partial charge is 0.326 e. The van der Waals surface area contributed by atoms with E-state index in [1.54, 1.807) is 29.2 Å². The minimum atomic E-state index is -0.708. The molecule has 2 aromatic carbocycles. The second-order valence-corrected chi connectivity index (χ2v) is 5.76. The number of carbonyl (C=O) groups excluding carboxylic acids is 3. The zero-order valence-corrected chi connectivity index (χ0v) is 13.4. The number of hydrogen-bond acceptors (Lipinski definition) is 3. The quantitative estimate of drug-likeness (QED) is 0.695. The van der Waals surface area contributed by atoms with E-state index in [4.69, 9.17) is 0 Å². The van der Waals surface area contributed by atoms with Crippen molar-refractivity contribution < 1.29 is 14.4 Å². The molecule has 1 heterocycles. The van der Waals surface area contributed by atoms with E-state index in [-0.39, 0.29) is 17.6 Å². The molecule has 3 rings (SSSR count). The van der Waals surface area contributed by atoms with Crippen LogP contribution in [0.2, 0.25) is 0 Å². The van der Waals surface area contributed by atoms with Gasteiger partial charge in [0.15, 0.2) is 5.78 Å². The summed E-state index contributed by atoms with van der Waals surface area (Å²) in [6.45, 7) is 1.90. The zero-order chi connectivity index (χ0) is 17.1. The monoisotopic (exact) mass is 322 g/mol. The van der Waals surface area contributed by atoms with Crippen LogP contribution in [0.4, 0.5) is 11.4 Å². The molecule has 1 aliphatic rings. The molecule has 2 aromatic rings. The maximum Gasteiger partial charge on any atom is 0.238 e. The van der Waals surface area contributed by atoms with Gasteiger partial charge in [0.05, 0.1) is 5.69 Å². The van der Waals surface area contributed by atoms with E-state index >= 15 is 0 Å². The number of nitrogens with one attached hydrogen (secondary N) is 1. The molecule has 1 atom stereocenters. The average Bonchev–Trinajstić information content (AvgIpc) is 2.96. The third kappa shape index (κ3) is 3.06. The average molecular weight is 322 g/mol. The molecule has 0 spiro atoms. The number of hydrogen-bond donors (Lipinski definition) is 1. The van der Waals surface area contributed by atoms with Crippen LogP contribution in [0.3, 0.4) is 0 Å². The highest BCUT2D eigenvalue weighted by atomic mass is 16.2. The lowest BCUT2D eigenvalue weighted by Crippen LogP contribution is -2.30. The Balaban J connectivity index is 1.84. The SMILES string of the molecule is CC(=O)Nc1ccccc1C(=O)C1CCN(c2ccccc2)C1=O. The number of anilines is 2. The number of Topliss-reactive ketones (excluding diaryl/α,β-unsaturated/α-hetero) is 1. The van der Waals surface area contributed by atoms with Gasteiger partial charge in [-0.2, -0.15) is 0 Å². The molecular weight excluding hydrogens is 304 g/mol. The number of benzene rings is 2. The number of nitrogens with zero attached hydrogens (tertiary/aromatic N) is 1. The second-order valence-electron chi connectivity index (χ2n) is 5.76. The van der Waals surface area contributed by atoms with Gasteiger partial charge < -0.3 is 10.2 Å². The van der Waals surface area contributed by atoms with Gasteiger partial charge in [-0.3, -0.25) is 14.4 Å². The van der Waals surface area contributed by atoms with Crippen LogP contribution in [0.25, 0.3) is 0 Å². The van der Waals surface area contributed by atoms with E-state index in [1.165, 1.54) is 6.92 Å². The summed E-state index contributed by atoms with van der Waals surface area (Å²) in [4.78, 5) is 38.5. The first kappa shape index (κ1) is 15.9. The standard InChI is InChI=1S/C19H18N2O3/c1-13(22)20-17-10-6-5-9-15(17)18(23)16-11-12-21(19(16)24)14-7-3-2-4-8-14/h2-10,16H,11-12H2,1H3,(H,20,22). The Morgan fingerprint density at radius 3 is 2.42 bits per heavy atom. The Labute approximate surface area is 140 Å². The third-order valence-electron chi connectivity index (χ3n) is 4.09. The van der Waals surface area contributed by atoms with E-state index in [0.717, 1.165) is 5.69 Å². The van der Waals surface area contributed by atoms with Crippen LogP contribution < -0.4 is 10.2 Å². The molecule has 5 heteroatoms. The van der Waals surface area contributed by atoms with Gasteiger partial charge in [0.1, 0.15) is 5.92 Å². The van der Waals surface area contributed by atoms with Crippen molar-refractivity contribution in [3.63, 3.8) is 0 Å². The molecule has 122 valence electrons. The number of ketones is 1. The highest BCUT2D eigenvalue weighted by Crippen LogP contribution is 2.29. The molecule has 0 saturated carbocycles. The Morgan fingerprint density at radius 2 is 1.71 bits per heavy atom. The van der Waals surface area contributed by atoms with Gasteiger partial charge in [-0.15, -0.1) is 0 Å². The lowest BCUT2D eigenvalue weighted by molar-refractivity contribution is -0.119. The first-order valence-corrected chi connectivity index (χ1v) is 7.85. The van der Waals surface area contributed by atoms with Gasteiger partial charge in [0.25, 0.3) is 0 Å². The molecule has 1 N–H and O–H groups in total. The summed E-state index contributed by atoms with van der Waals surface area (Å²) in [5.41, 5.74) is 1.62.